The summed E-state index contributed by atoms with van der Waals surface area (Å²) in [6.45, 7) is 4.85. The lowest BCUT2D eigenvalue weighted by Gasteiger charge is -2.15. The second kappa shape index (κ2) is 7.50. The van der Waals surface area contributed by atoms with Gasteiger partial charge in [-0.3, -0.25) is 0 Å². The van der Waals surface area contributed by atoms with Gasteiger partial charge in [0.25, 0.3) is 0 Å². The Morgan fingerprint density at radius 2 is 1.95 bits per heavy atom. The number of hydrogen-bond acceptors (Lipinski definition) is 3. The van der Waals surface area contributed by atoms with Crippen molar-refractivity contribution in [2.24, 2.45) is 0 Å². The van der Waals surface area contributed by atoms with E-state index in [0.29, 0.717) is 18.3 Å². The highest BCUT2D eigenvalue weighted by atomic mass is 19.4. The van der Waals surface area contributed by atoms with E-state index in [9.17, 15) is 13.2 Å². The molecular formula is C14H20F3NO2. The van der Waals surface area contributed by atoms with Crippen molar-refractivity contribution in [2.45, 2.75) is 39.5 Å². The fourth-order valence-corrected chi connectivity index (χ4v) is 1.56. The molecule has 0 spiro atoms. The first-order valence-corrected chi connectivity index (χ1v) is 6.38. The van der Waals surface area contributed by atoms with E-state index in [4.69, 9.17) is 4.74 Å². The molecule has 1 aromatic carbocycles. The van der Waals surface area contributed by atoms with E-state index >= 15 is 0 Å². The predicted octanol–water partition coefficient (Wildman–Crippen LogP) is 3.41. The highest BCUT2D eigenvalue weighted by Gasteiger charge is 2.27. The maximum atomic E-state index is 11.9. The van der Waals surface area contributed by atoms with Crippen LogP contribution in [0.25, 0.3) is 0 Å². The molecule has 0 unspecified atom stereocenters. The van der Waals surface area contributed by atoms with Gasteiger partial charge in [-0.2, -0.15) is 13.2 Å². The van der Waals surface area contributed by atoms with E-state index in [0.717, 1.165) is 11.1 Å². The molecule has 0 aliphatic carbocycles. The Morgan fingerprint density at radius 1 is 1.25 bits per heavy atom. The van der Waals surface area contributed by atoms with Gasteiger partial charge in [0.2, 0.25) is 0 Å². The lowest BCUT2D eigenvalue weighted by atomic mass is 10.1. The monoisotopic (exact) mass is 291 g/mol. The van der Waals surface area contributed by atoms with Crippen molar-refractivity contribution in [2.75, 3.05) is 13.4 Å². The molecule has 3 nitrogen and oxygen atoms in total. The summed E-state index contributed by atoms with van der Waals surface area (Å²) in [4.78, 5) is 0. The second-order valence-electron chi connectivity index (χ2n) is 4.87. The minimum Gasteiger partial charge on any atom is -0.467 e. The number of halogens is 3. The second-order valence-corrected chi connectivity index (χ2v) is 4.87. The molecule has 0 saturated heterocycles. The van der Waals surface area contributed by atoms with Gasteiger partial charge < -0.3 is 14.8 Å². The van der Waals surface area contributed by atoms with Crippen LogP contribution < -0.4 is 10.1 Å². The number of nitrogens with one attached hydrogen (secondary N) is 1. The number of hydrogen-bond donors (Lipinski definition) is 1. The molecule has 0 radical (unpaired) electrons. The Hall–Kier alpha value is -1.27. The maximum absolute atomic E-state index is 11.9. The van der Waals surface area contributed by atoms with Crippen molar-refractivity contribution in [1.82, 2.24) is 5.32 Å². The molecule has 1 aromatic rings. The van der Waals surface area contributed by atoms with Gasteiger partial charge in [-0.05, 0) is 13.0 Å². The molecule has 0 saturated carbocycles. The van der Waals surface area contributed by atoms with Gasteiger partial charge in [-0.15, -0.1) is 0 Å². The minimum absolute atomic E-state index is 0.310. The molecule has 6 heteroatoms. The van der Waals surface area contributed by atoms with Crippen molar-refractivity contribution in [1.29, 1.82) is 0 Å². The highest BCUT2D eigenvalue weighted by Crippen LogP contribution is 2.21. The van der Waals surface area contributed by atoms with Gasteiger partial charge in [0.15, 0.2) is 6.79 Å². The lowest BCUT2D eigenvalue weighted by molar-refractivity contribution is -0.186. The van der Waals surface area contributed by atoms with Gasteiger partial charge in [-0.1, -0.05) is 31.5 Å². The van der Waals surface area contributed by atoms with E-state index in [2.05, 4.69) is 10.1 Å². The largest absolute Gasteiger partial charge is 0.467 e. The summed E-state index contributed by atoms with van der Waals surface area (Å²) < 4.78 is 45.5. The zero-order valence-electron chi connectivity index (χ0n) is 11.9. The van der Waals surface area contributed by atoms with E-state index in [1.807, 2.05) is 32.9 Å². The minimum atomic E-state index is -4.33. The number of benzene rings is 1. The van der Waals surface area contributed by atoms with E-state index in [1.54, 1.807) is 6.07 Å². The Balaban J connectivity index is 2.55. The van der Waals surface area contributed by atoms with E-state index in [1.165, 1.54) is 0 Å². The molecule has 0 fully saturated rings. The smallest absolute Gasteiger partial charge is 0.411 e. The number of aryl methyl sites for hydroxylation is 1. The molecule has 20 heavy (non-hydrogen) atoms. The quantitative estimate of drug-likeness (QED) is 0.617. The van der Waals surface area contributed by atoms with Crippen molar-refractivity contribution in [3.05, 3.63) is 29.3 Å². The van der Waals surface area contributed by atoms with Crippen molar-refractivity contribution < 1.29 is 22.6 Å². The fraction of sp³-hybridized carbons (Fsp3) is 0.571. The van der Waals surface area contributed by atoms with Crippen LogP contribution in [0.15, 0.2) is 18.2 Å². The molecule has 0 bridgehead atoms. The first-order valence-electron chi connectivity index (χ1n) is 6.38. The van der Waals surface area contributed by atoms with Crippen LogP contribution in [0, 0.1) is 6.92 Å². The normalized spacial score (nSPS) is 11.9. The Labute approximate surface area is 117 Å². The standard InChI is InChI=1S/C14H20F3NO2/c1-10(2)18-7-12-6-11(3)4-5-13(12)20-9-19-8-14(15,16)17/h4-6,10,18H,7-9H2,1-3H3. The summed E-state index contributed by atoms with van der Waals surface area (Å²) in [5.74, 6) is 0.533. The summed E-state index contributed by atoms with van der Waals surface area (Å²) >= 11 is 0. The third kappa shape index (κ3) is 6.77. The van der Waals surface area contributed by atoms with Crippen LogP contribution in [0.1, 0.15) is 25.0 Å². The molecule has 0 atom stereocenters. The molecule has 0 aliphatic heterocycles. The highest BCUT2D eigenvalue weighted by molar-refractivity contribution is 5.36. The number of rotatable bonds is 7. The van der Waals surface area contributed by atoms with Crippen molar-refractivity contribution >= 4 is 0 Å². The Kier molecular flexibility index (Phi) is 6.29. The van der Waals surface area contributed by atoms with E-state index in [-0.39, 0.29) is 0 Å². The third-order valence-electron chi connectivity index (χ3n) is 2.48. The van der Waals surface area contributed by atoms with Crippen LogP contribution in [0.3, 0.4) is 0 Å². The molecule has 114 valence electrons. The van der Waals surface area contributed by atoms with Gasteiger partial charge in [0.05, 0.1) is 0 Å². The van der Waals surface area contributed by atoms with Crippen LogP contribution in [-0.2, 0) is 11.3 Å². The van der Waals surface area contributed by atoms with E-state index < -0.39 is 19.6 Å². The van der Waals surface area contributed by atoms with Crippen molar-refractivity contribution in [3.63, 3.8) is 0 Å². The molecular weight excluding hydrogens is 271 g/mol. The fourth-order valence-electron chi connectivity index (χ4n) is 1.56. The average molecular weight is 291 g/mol. The molecule has 1 rings (SSSR count). The summed E-state index contributed by atoms with van der Waals surface area (Å²) in [5.41, 5.74) is 1.96. The van der Waals surface area contributed by atoms with Crippen molar-refractivity contribution in [3.8, 4) is 5.75 Å². The maximum Gasteiger partial charge on any atom is 0.411 e. The average Bonchev–Trinajstić information content (AvgIpc) is 2.32. The first kappa shape index (κ1) is 16.8. The van der Waals surface area contributed by atoms with Gasteiger partial charge in [-0.25, -0.2) is 0 Å². The summed E-state index contributed by atoms with van der Waals surface area (Å²) in [7, 11) is 0. The lowest BCUT2D eigenvalue weighted by Crippen LogP contribution is -2.23. The zero-order chi connectivity index (χ0) is 15.2. The van der Waals surface area contributed by atoms with Crippen LogP contribution in [-0.4, -0.2) is 25.6 Å². The summed E-state index contributed by atoms with van der Waals surface area (Å²) in [6.07, 6.45) is -4.33. The first-order chi connectivity index (χ1) is 9.28. The third-order valence-corrected chi connectivity index (χ3v) is 2.48. The molecule has 0 heterocycles. The molecule has 0 aromatic heterocycles. The van der Waals surface area contributed by atoms with Crippen LogP contribution in [0.2, 0.25) is 0 Å². The SMILES string of the molecule is Cc1ccc(OCOCC(F)(F)F)c(CNC(C)C)c1. The van der Waals surface area contributed by atoms with Gasteiger partial charge >= 0.3 is 6.18 Å². The summed E-state index contributed by atoms with van der Waals surface area (Å²) in [5, 5.41) is 3.24. The van der Waals surface area contributed by atoms with Gasteiger partial charge in [0, 0.05) is 18.2 Å². The molecule has 0 amide bonds. The van der Waals surface area contributed by atoms with Gasteiger partial charge in [0.1, 0.15) is 12.4 Å². The summed E-state index contributed by atoms with van der Waals surface area (Å²) in [6, 6.07) is 5.83. The predicted molar refractivity (Wildman–Crippen MR) is 70.7 cm³/mol. The Morgan fingerprint density at radius 3 is 2.55 bits per heavy atom. The van der Waals surface area contributed by atoms with Crippen LogP contribution in [0.5, 0.6) is 5.75 Å². The number of alkyl halides is 3. The topological polar surface area (TPSA) is 30.5 Å². The zero-order valence-corrected chi connectivity index (χ0v) is 11.9. The van der Waals surface area contributed by atoms with Crippen LogP contribution in [0.4, 0.5) is 13.2 Å². The van der Waals surface area contributed by atoms with Crippen LogP contribution >= 0.6 is 0 Å². The number of ether oxygens (including phenoxy) is 2. The molecule has 0 aliphatic rings. The molecule has 1 N–H and O–H groups in total. The Bertz CT molecular complexity index is 419.